The Morgan fingerprint density at radius 3 is 2.39 bits per heavy atom. The molecule has 0 saturated carbocycles. The number of aryl methyl sites for hydroxylation is 1. The van der Waals surface area contributed by atoms with Crippen LogP contribution in [-0.2, 0) is 12.0 Å². The average Bonchev–Trinajstić information content (AvgIpc) is 3.21. The van der Waals surface area contributed by atoms with Crippen molar-refractivity contribution in [1.29, 1.82) is 5.26 Å². The largest absolute Gasteiger partial charge is 0.340 e. The van der Waals surface area contributed by atoms with Gasteiger partial charge in [-0.25, -0.2) is 9.37 Å². The number of piperazine rings is 1. The van der Waals surface area contributed by atoms with E-state index in [4.69, 9.17) is 4.98 Å². The number of para-hydroxylation sites is 2. The van der Waals surface area contributed by atoms with Crippen molar-refractivity contribution < 1.29 is 4.39 Å². The van der Waals surface area contributed by atoms with E-state index >= 15 is 0 Å². The maximum absolute atomic E-state index is 13.4. The van der Waals surface area contributed by atoms with E-state index in [2.05, 4.69) is 59.4 Å². The Hall–Kier alpha value is -2.91. The van der Waals surface area contributed by atoms with Gasteiger partial charge in [-0.3, -0.25) is 4.90 Å². The molecule has 1 atom stereocenters. The number of hydrogen-bond donors (Lipinski definition) is 0. The molecular formula is C27H34FN5. The van der Waals surface area contributed by atoms with Gasteiger partial charge in [-0.05, 0) is 62.1 Å². The molecule has 4 rings (SSSR count). The van der Waals surface area contributed by atoms with Crippen LogP contribution in [0.4, 0.5) is 10.3 Å². The third-order valence-electron chi connectivity index (χ3n) is 7.20. The van der Waals surface area contributed by atoms with Gasteiger partial charge in [0.1, 0.15) is 5.82 Å². The summed E-state index contributed by atoms with van der Waals surface area (Å²) in [5, 5.41) is 10.1. The predicted octanol–water partition coefficient (Wildman–Crippen LogP) is 5.22. The number of aromatic nitrogens is 2. The molecule has 0 amide bonds. The molecule has 33 heavy (non-hydrogen) atoms. The summed E-state index contributed by atoms with van der Waals surface area (Å²) in [7, 11) is 0. The second-order valence-electron chi connectivity index (χ2n) is 9.32. The average molecular weight is 448 g/mol. The van der Waals surface area contributed by atoms with E-state index in [9.17, 15) is 9.65 Å². The lowest BCUT2D eigenvalue weighted by atomic mass is 9.70. The maximum Gasteiger partial charge on any atom is 0.206 e. The minimum absolute atomic E-state index is 0.159. The van der Waals surface area contributed by atoms with Gasteiger partial charge in [0.2, 0.25) is 5.95 Å². The van der Waals surface area contributed by atoms with Crippen LogP contribution < -0.4 is 4.90 Å². The number of imidazole rings is 1. The fourth-order valence-electron chi connectivity index (χ4n) is 5.13. The van der Waals surface area contributed by atoms with Crippen LogP contribution in [0.3, 0.4) is 0 Å². The van der Waals surface area contributed by atoms with Crippen LogP contribution in [0.5, 0.6) is 0 Å². The molecule has 174 valence electrons. The molecule has 0 bridgehead atoms. The molecule has 2 heterocycles. The minimum Gasteiger partial charge on any atom is -0.340 e. The number of fused-ring (bicyclic) bond motifs is 1. The monoisotopic (exact) mass is 447 g/mol. The van der Waals surface area contributed by atoms with Crippen molar-refractivity contribution in [3.05, 3.63) is 59.9 Å². The number of nitrogens with zero attached hydrogens (tertiary/aromatic N) is 5. The molecule has 0 radical (unpaired) electrons. The van der Waals surface area contributed by atoms with E-state index in [0.717, 1.165) is 69.1 Å². The third kappa shape index (κ3) is 4.60. The fourth-order valence-corrected chi connectivity index (χ4v) is 5.13. The predicted molar refractivity (Wildman–Crippen MR) is 132 cm³/mol. The van der Waals surface area contributed by atoms with Crippen molar-refractivity contribution in [3.8, 4) is 6.07 Å². The summed E-state index contributed by atoms with van der Waals surface area (Å²) in [4.78, 5) is 9.79. The van der Waals surface area contributed by atoms with Gasteiger partial charge in [0.25, 0.3) is 0 Å². The fraction of sp³-hybridized carbons (Fsp3) is 0.481. The van der Waals surface area contributed by atoms with E-state index in [0.29, 0.717) is 0 Å². The van der Waals surface area contributed by atoms with Gasteiger partial charge in [-0.2, -0.15) is 5.26 Å². The molecule has 1 aliphatic heterocycles. The smallest absolute Gasteiger partial charge is 0.206 e. The van der Waals surface area contributed by atoms with E-state index in [1.165, 1.54) is 17.6 Å². The molecule has 1 aliphatic rings. The van der Waals surface area contributed by atoms with Gasteiger partial charge >= 0.3 is 0 Å². The minimum atomic E-state index is -0.582. The highest BCUT2D eigenvalue weighted by Gasteiger charge is 2.35. The first-order valence-electron chi connectivity index (χ1n) is 12.1. The Kier molecular flexibility index (Phi) is 6.99. The number of halogens is 1. The molecule has 0 spiro atoms. The van der Waals surface area contributed by atoms with Crippen LogP contribution in [0, 0.1) is 23.1 Å². The standard InChI is InChI=1S/C27H34FN5/c1-4-33-25-9-6-5-8-24(25)30-26(33)32-18-16-31(17-19-32)15-7-14-27(20-29,21(2)3)22-10-12-23(28)13-11-22/h5-6,8-13,21H,4,7,14-19H2,1-3H3. The second-order valence-corrected chi connectivity index (χ2v) is 9.32. The van der Waals surface area contributed by atoms with Crippen LogP contribution in [0.15, 0.2) is 48.5 Å². The van der Waals surface area contributed by atoms with Gasteiger partial charge in [0.15, 0.2) is 0 Å². The summed E-state index contributed by atoms with van der Waals surface area (Å²) in [5.41, 5.74) is 2.59. The zero-order chi connectivity index (χ0) is 23.4. The van der Waals surface area contributed by atoms with Crippen molar-refractivity contribution in [1.82, 2.24) is 14.5 Å². The highest BCUT2D eigenvalue weighted by Crippen LogP contribution is 2.36. The Bertz CT molecular complexity index is 1110. The topological polar surface area (TPSA) is 48.1 Å². The van der Waals surface area contributed by atoms with Crippen LogP contribution in [0.1, 0.15) is 39.2 Å². The summed E-state index contributed by atoms with van der Waals surface area (Å²) < 4.78 is 15.7. The van der Waals surface area contributed by atoms with Crippen molar-refractivity contribution in [3.63, 3.8) is 0 Å². The zero-order valence-corrected chi connectivity index (χ0v) is 20.0. The van der Waals surface area contributed by atoms with Crippen LogP contribution in [-0.4, -0.2) is 47.2 Å². The maximum atomic E-state index is 13.4. The van der Waals surface area contributed by atoms with Crippen LogP contribution >= 0.6 is 0 Å². The van der Waals surface area contributed by atoms with Gasteiger partial charge in [0.05, 0.1) is 22.5 Å². The molecule has 3 aromatic rings. The first-order valence-corrected chi connectivity index (χ1v) is 12.1. The van der Waals surface area contributed by atoms with Gasteiger partial charge < -0.3 is 9.47 Å². The number of rotatable bonds is 8. The van der Waals surface area contributed by atoms with E-state index in [1.54, 1.807) is 12.1 Å². The molecule has 6 heteroatoms. The molecule has 1 unspecified atom stereocenters. The molecular weight excluding hydrogens is 413 g/mol. The quantitative estimate of drug-likeness (QED) is 0.475. The zero-order valence-electron chi connectivity index (χ0n) is 20.0. The van der Waals surface area contributed by atoms with Gasteiger partial charge in [-0.1, -0.05) is 38.1 Å². The molecule has 0 N–H and O–H groups in total. The molecule has 2 aromatic carbocycles. The molecule has 1 saturated heterocycles. The highest BCUT2D eigenvalue weighted by atomic mass is 19.1. The first kappa shape index (κ1) is 23.3. The third-order valence-corrected chi connectivity index (χ3v) is 7.20. The van der Waals surface area contributed by atoms with Gasteiger partial charge in [0, 0.05) is 32.7 Å². The van der Waals surface area contributed by atoms with Gasteiger partial charge in [-0.15, -0.1) is 0 Å². The Morgan fingerprint density at radius 2 is 1.76 bits per heavy atom. The number of anilines is 1. The lowest BCUT2D eigenvalue weighted by Crippen LogP contribution is -2.47. The Morgan fingerprint density at radius 1 is 1.06 bits per heavy atom. The first-order chi connectivity index (χ1) is 16.0. The van der Waals surface area contributed by atoms with Crippen LogP contribution in [0.2, 0.25) is 0 Å². The molecule has 5 nitrogen and oxygen atoms in total. The summed E-state index contributed by atoms with van der Waals surface area (Å²) in [5.74, 6) is 0.966. The molecule has 0 aliphatic carbocycles. The Balaban J connectivity index is 1.37. The number of nitriles is 1. The van der Waals surface area contributed by atoms with Crippen molar-refractivity contribution in [2.75, 3.05) is 37.6 Å². The normalized spacial score (nSPS) is 16.8. The number of hydrogen-bond acceptors (Lipinski definition) is 4. The summed E-state index contributed by atoms with van der Waals surface area (Å²) in [6.45, 7) is 12.1. The van der Waals surface area contributed by atoms with E-state index in [1.807, 2.05) is 6.07 Å². The van der Waals surface area contributed by atoms with Crippen molar-refractivity contribution in [2.24, 2.45) is 5.92 Å². The summed E-state index contributed by atoms with van der Waals surface area (Å²) in [6.07, 6.45) is 1.72. The number of benzene rings is 2. The lowest BCUT2D eigenvalue weighted by Gasteiger charge is -2.36. The molecule has 1 fully saturated rings. The summed E-state index contributed by atoms with van der Waals surface area (Å²) >= 11 is 0. The Labute approximate surface area is 196 Å². The van der Waals surface area contributed by atoms with Crippen molar-refractivity contribution >= 4 is 17.0 Å². The van der Waals surface area contributed by atoms with Crippen LogP contribution in [0.25, 0.3) is 11.0 Å². The highest BCUT2D eigenvalue weighted by molar-refractivity contribution is 5.78. The van der Waals surface area contributed by atoms with Crippen molar-refractivity contribution in [2.45, 2.75) is 45.6 Å². The van der Waals surface area contributed by atoms with E-state index in [-0.39, 0.29) is 11.7 Å². The van der Waals surface area contributed by atoms with E-state index < -0.39 is 5.41 Å². The molecule has 1 aromatic heterocycles. The second kappa shape index (κ2) is 9.93. The SMILES string of the molecule is CCn1c(N2CCN(CCCC(C#N)(c3ccc(F)cc3)C(C)C)CC2)nc2ccccc21. The summed E-state index contributed by atoms with van der Waals surface area (Å²) in [6, 6.07) is 17.4. The lowest BCUT2D eigenvalue weighted by molar-refractivity contribution is 0.238.